The van der Waals surface area contributed by atoms with E-state index in [2.05, 4.69) is 15.6 Å². The molecule has 0 aliphatic carbocycles. The number of amides is 2. The summed E-state index contributed by atoms with van der Waals surface area (Å²) < 4.78 is 1.90. The zero-order valence-electron chi connectivity index (χ0n) is 19.7. The third kappa shape index (κ3) is 6.12. The van der Waals surface area contributed by atoms with Crippen LogP contribution in [0.5, 0.6) is 0 Å². The van der Waals surface area contributed by atoms with Crippen LogP contribution in [0.3, 0.4) is 0 Å². The maximum Gasteiger partial charge on any atom is 0.475 e. The van der Waals surface area contributed by atoms with E-state index in [0.29, 0.717) is 12.8 Å². The quantitative estimate of drug-likeness (QED) is 0.352. The van der Waals surface area contributed by atoms with Gasteiger partial charge in [-0.25, -0.2) is 0 Å². The van der Waals surface area contributed by atoms with Crippen LogP contribution in [0.4, 0.5) is 0 Å². The molecule has 3 rings (SSSR count). The van der Waals surface area contributed by atoms with Crippen molar-refractivity contribution in [3.8, 4) is 0 Å². The number of carbonyl (C=O) groups excluding carboxylic acids is 2. The third-order valence-electron chi connectivity index (χ3n) is 5.65. The number of para-hydroxylation sites is 1. The molecule has 0 radical (unpaired) electrons. The summed E-state index contributed by atoms with van der Waals surface area (Å²) in [5, 5.41) is 27.0. The first-order valence-electron chi connectivity index (χ1n) is 11.4. The molecule has 0 aliphatic rings. The van der Waals surface area contributed by atoms with Gasteiger partial charge in [0.15, 0.2) is 0 Å². The van der Waals surface area contributed by atoms with Crippen molar-refractivity contribution in [3.05, 3.63) is 42.7 Å². The zero-order chi connectivity index (χ0) is 24.1. The molecule has 9 heteroatoms. The second kappa shape index (κ2) is 10.8. The first kappa shape index (κ1) is 24.7. The molecule has 0 saturated heterocycles. The number of nitrogens with one attached hydrogen (secondary N) is 2. The Hall–Kier alpha value is -2.91. The third-order valence-corrected chi connectivity index (χ3v) is 5.65. The first-order chi connectivity index (χ1) is 15.7. The minimum atomic E-state index is -1.67. The minimum Gasteiger partial charge on any atom is -0.426 e. The molecule has 0 aliphatic heterocycles. The Morgan fingerprint density at radius 1 is 0.970 bits per heavy atom. The van der Waals surface area contributed by atoms with Gasteiger partial charge in [-0.15, -0.1) is 0 Å². The SMILES string of the molecule is CC(C)C[C@H](NC(=O)[C@H](CC(C)C)NC(=O)Cn1c2ccccc2c2ccncc21)B(O)O. The van der Waals surface area contributed by atoms with Gasteiger partial charge >= 0.3 is 7.12 Å². The standard InChI is InChI=1S/C24H33BN4O4/c1-15(2)11-19(24(31)28-22(25(32)33)12-16(3)4)27-23(30)14-29-20-8-6-5-7-17(20)18-9-10-26-13-21(18)29/h5-10,13,15-16,19,22,32-33H,11-12,14H2,1-4H3,(H,27,30)(H,28,31)/t19-,22-/m0/s1. The molecule has 2 aromatic heterocycles. The molecule has 3 aromatic rings. The predicted octanol–water partition coefficient (Wildman–Crippen LogP) is 2.26. The summed E-state index contributed by atoms with van der Waals surface area (Å²) in [6.07, 6.45) is 4.31. The van der Waals surface area contributed by atoms with Crippen LogP contribution in [-0.4, -0.2) is 50.5 Å². The lowest BCUT2D eigenvalue weighted by Gasteiger charge is -2.25. The summed E-state index contributed by atoms with van der Waals surface area (Å²) in [5.41, 5.74) is 1.76. The van der Waals surface area contributed by atoms with E-state index in [1.807, 2.05) is 62.6 Å². The van der Waals surface area contributed by atoms with Crippen molar-refractivity contribution in [2.45, 2.75) is 59.1 Å². The molecule has 0 spiro atoms. The molecule has 8 nitrogen and oxygen atoms in total. The fraction of sp³-hybridized carbons (Fsp3) is 0.458. The Balaban J connectivity index is 1.80. The predicted molar refractivity (Wildman–Crippen MR) is 130 cm³/mol. The summed E-state index contributed by atoms with van der Waals surface area (Å²) in [4.78, 5) is 30.2. The Bertz CT molecular complexity index is 1060. The van der Waals surface area contributed by atoms with Crippen LogP contribution in [0.25, 0.3) is 21.8 Å². The monoisotopic (exact) mass is 452 g/mol. The Morgan fingerprint density at radius 3 is 2.30 bits per heavy atom. The van der Waals surface area contributed by atoms with E-state index in [1.54, 1.807) is 12.4 Å². The second-order valence-electron chi connectivity index (χ2n) is 9.40. The molecule has 1 aromatic carbocycles. The van der Waals surface area contributed by atoms with Gasteiger partial charge in [-0.1, -0.05) is 45.9 Å². The number of hydrogen-bond donors (Lipinski definition) is 4. The van der Waals surface area contributed by atoms with Gasteiger partial charge in [0.2, 0.25) is 11.8 Å². The van der Waals surface area contributed by atoms with E-state index < -0.39 is 25.0 Å². The molecule has 2 amide bonds. The number of aromatic nitrogens is 2. The number of fused-ring (bicyclic) bond motifs is 3. The number of benzene rings is 1. The smallest absolute Gasteiger partial charge is 0.426 e. The highest BCUT2D eigenvalue weighted by atomic mass is 16.4. The fourth-order valence-electron chi connectivity index (χ4n) is 4.20. The van der Waals surface area contributed by atoms with Gasteiger partial charge < -0.3 is 25.2 Å². The van der Waals surface area contributed by atoms with Crippen LogP contribution in [-0.2, 0) is 16.1 Å². The van der Waals surface area contributed by atoms with Crippen molar-refractivity contribution in [1.29, 1.82) is 0 Å². The molecular formula is C24H33BN4O4. The van der Waals surface area contributed by atoms with Gasteiger partial charge in [-0.3, -0.25) is 14.6 Å². The Labute approximate surface area is 194 Å². The van der Waals surface area contributed by atoms with Crippen molar-refractivity contribution in [1.82, 2.24) is 20.2 Å². The van der Waals surface area contributed by atoms with E-state index in [4.69, 9.17) is 0 Å². The van der Waals surface area contributed by atoms with Crippen molar-refractivity contribution < 1.29 is 19.6 Å². The Kier molecular flexibility index (Phi) is 8.10. The largest absolute Gasteiger partial charge is 0.475 e. The lowest BCUT2D eigenvalue weighted by Crippen LogP contribution is -2.55. The fourth-order valence-corrected chi connectivity index (χ4v) is 4.20. The minimum absolute atomic E-state index is 0.0373. The molecule has 2 heterocycles. The first-order valence-corrected chi connectivity index (χ1v) is 11.4. The van der Waals surface area contributed by atoms with E-state index in [0.717, 1.165) is 21.8 Å². The average molecular weight is 452 g/mol. The molecule has 2 atom stereocenters. The maximum absolute atomic E-state index is 13.1. The number of carbonyl (C=O) groups is 2. The van der Waals surface area contributed by atoms with Crippen LogP contribution < -0.4 is 10.6 Å². The van der Waals surface area contributed by atoms with Crippen LogP contribution in [0.1, 0.15) is 40.5 Å². The van der Waals surface area contributed by atoms with E-state index in [-0.39, 0.29) is 24.3 Å². The maximum atomic E-state index is 13.1. The van der Waals surface area contributed by atoms with Crippen LogP contribution in [0.2, 0.25) is 0 Å². The zero-order valence-corrected chi connectivity index (χ0v) is 19.7. The van der Waals surface area contributed by atoms with Crippen molar-refractivity contribution in [2.24, 2.45) is 11.8 Å². The second-order valence-corrected chi connectivity index (χ2v) is 9.40. The number of nitrogens with zero attached hydrogens (tertiary/aromatic N) is 2. The van der Waals surface area contributed by atoms with Crippen LogP contribution in [0.15, 0.2) is 42.7 Å². The van der Waals surface area contributed by atoms with Gasteiger partial charge in [-0.2, -0.15) is 0 Å². The van der Waals surface area contributed by atoms with Crippen molar-refractivity contribution >= 4 is 40.7 Å². The summed E-state index contributed by atoms with van der Waals surface area (Å²) in [5.74, 6) is -1.19. The van der Waals surface area contributed by atoms with Gasteiger partial charge in [0.25, 0.3) is 0 Å². The highest BCUT2D eigenvalue weighted by molar-refractivity contribution is 6.43. The van der Waals surface area contributed by atoms with Gasteiger partial charge in [0, 0.05) is 22.5 Å². The van der Waals surface area contributed by atoms with E-state index >= 15 is 0 Å². The molecular weight excluding hydrogens is 419 g/mol. The highest BCUT2D eigenvalue weighted by Gasteiger charge is 2.30. The summed E-state index contributed by atoms with van der Waals surface area (Å²) >= 11 is 0. The number of pyridine rings is 1. The van der Waals surface area contributed by atoms with E-state index in [1.165, 1.54) is 0 Å². The molecule has 0 saturated carbocycles. The van der Waals surface area contributed by atoms with Gasteiger partial charge in [-0.05, 0) is 36.8 Å². The van der Waals surface area contributed by atoms with Crippen LogP contribution >= 0.6 is 0 Å². The van der Waals surface area contributed by atoms with Crippen LogP contribution in [0, 0.1) is 11.8 Å². The molecule has 176 valence electrons. The van der Waals surface area contributed by atoms with Crippen molar-refractivity contribution in [2.75, 3.05) is 0 Å². The summed E-state index contributed by atoms with van der Waals surface area (Å²) in [6, 6.07) is 9.00. The summed E-state index contributed by atoms with van der Waals surface area (Å²) in [7, 11) is -1.67. The number of hydrogen-bond acceptors (Lipinski definition) is 5. The molecule has 0 unspecified atom stereocenters. The topological polar surface area (TPSA) is 116 Å². The van der Waals surface area contributed by atoms with Crippen molar-refractivity contribution in [3.63, 3.8) is 0 Å². The molecule has 0 bridgehead atoms. The molecule has 0 fully saturated rings. The molecule has 33 heavy (non-hydrogen) atoms. The van der Waals surface area contributed by atoms with E-state index in [9.17, 15) is 19.6 Å². The number of rotatable bonds is 10. The van der Waals surface area contributed by atoms with Gasteiger partial charge in [0.05, 0.1) is 17.7 Å². The average Bonchev–Trinajstić information content (AvgIpc) is 3.06. The Morgan fingerprint density at radius 2 is 1.64 bits per heavy atom. The lowest BCUT2D eigenvalue weighted by molar-refractivity contribution is -0.129. The molecule has 4 N–H and O–H groups in total. The lowest BCUT2D eigenvalue weighted by atomic mass is 9.75. The summed E-state index contributed by atoms with van der Waals surface area (Å²) in [6.45, 7) is 7.86. The highest BCUT2D eigenvalue weighted by Crippen LogP contribution is 2.27. The van der Waals surface area contributed by atoms with Gasteiger partial charge in [0.1, 0.15) is 12.6 Å². The normalized spacial score (nSPS) is 13.5.